The summed E-state index contributed by atoms with van der Waals surface area (Å²) in [7, 11) is 1.55. The fourth-order valence-corrected chi connectivity index (χ4v) is 1.29. The molecule has 0 bridgehead atoms. The number of rotatable bonds is 3. The Morgan fingerprint density at radius 3 is 2.56 bits per heavy atom. The summed E-state index contributed by atoms with van der Waals surface area (Å²) in [6.07, 6.45) is 0. The first-order chi connectivity index (χ1) is 7.34. The van der Waals surface area contributed by atoms with Gasteiger partial charge >= 0.3 is 5.97 Å². The third-order valence-electron chi connectivity index (χ3n) is 2.09. The van der Waals surface area contributed by atoms with E-state index in [0.29, 0.717) is 5.69 Å². The highest BCUT2D eigenvalue weighted by molar-refractivity contribution is 6.01. The molecule has 1 aromatic heterocycles. The Labute approximate surface area is 92.2 Å². The summed E-state index contributed by atoms with van der Waals surface area (Å²) in [5.74, 6) is -1.44. The van der Waals surface area contributed by atoms with Crippen LogP contribution in [-0.2, 0) is 11.8 Å². The van der Waals surface area contributed by atoms with Crippen LogP contribution in [0.2, 0.25) is 0 Å². The van der Waals surface area contributed by atoms with Crippen LogP contribution in [0.1, 0.15) is 23.0 Å². The molecule has 7 nitrogen and oxygen atoms in total. The second-order valence-electron chi connectivity index (χ2n) is 3.52. The van der Waals surface area contributed by atoms with E-state index in [1.807, 2.05) is 0 Å². The predicted molar refractivity (Wildman–Crippen MR) is 57.2 cm³/mol. The number of aryl methyl sites for hydroxylation is 2. The minimum absolute atomic E-state index is 0.0171. The number of nitrogens with two attached hydrogens (primary N) is 1. The Morgan fingerprint density at radius 1 is 1.56 bits per heavy atom. The van der Waals surface area contributed by atoms with E-state index in [1.54, 1.807) is 14.0 Å². The number of aromatic carboxylic acids is 1. The lowest BCUT2D eigenvalue weighted by Gasteiger charge is -2.08. The molecule has 88 valence electrons. The number of carbonyl (C=O) groups is 2. The molecule has 7 heteroatoms. The number of carbonyl (C=O) groups excluding carboxylic acids is 1. The summed E-state index contributed by atoms with van der Waals surface area (Å²) < 4.78 is 1.30. The van der Waals surface area contributed by atoms with Crippen molar-refractivity contribution >= 4 is 17.7 Å². The van der Waals surface area contributed by atoms with Gasteiger partial charge in [-0.2, -0.15) is 5.10 Å². The first kappa shape index (κ1) is 12.2. The number of hydrogen-bond donors (Lipinski definition) is 3. The van der Waals surface area contributed by atoms with Gasteiger partial charge in [0.2, 0.25) is 5.91 Å². The molecule has 1 rings (SSSR count). The molecular weight excluding hydrogens is 212 g/mol. The number of nitrogens with one attached hydrogen (secondary N) is 1. The van der Waals surface area contributed by atoms with Crippen LogP contribution in [0, 0.1) is 6.92 Å². The molecule has 0 aromatic carbocycles. The van der Waals surface area contributed by atoms with Gasteiger partial charge in [0.05, 0.1) is 11.7 Å². The molecule has 1 amide bonds. The minimum Gasteiger partial charge on any atom is -0.477 e. The van der Waals surface area contributed by atoms with Crippen LogP contribution >= 0.6 is 0 Å². The monoisotopic (exact) mass is 226 g/mol. The van der Waals surface area contributed by atoms with Crippen LogP contribution in [0.15, 0.2) is 0 Å². The first-order valence-corrected chi connectivity index (χ1v) is 4.68. The molecule has 1 aromatic rings. The molecule has 1 unspecified atom stereocenters. The third kappa shape index (κ3) is 2.19. The number of anilines is 1. The molecule has 0 aliphatic heterocycles. The van der Waals surface area contributed by atoms with E-state index in [0.717, 1.165) is 0 Å². The molecule has 0 saturated heterocycles. The minimum atomic E-state index is -1.13. The van der Waals surface area contributed by atoms with Gasteiger partial charge in [-0.05, 0) is 13.8 Å². The van der Waals surface area contributed by atoms with Crippen molar-refractivity contribution in [3.63, 3.8) is 0 Å². The molecule has 0 spiro atoms. The van der Waals surface area contributed by atoms with Gasteiger partial charge in [-0.25, -0.2) is 4.79 Å². The van der Waals surface area contributed by atoms with E-state index in [9.17, 15) is 9.59 Å². The Balaban J connectivity index is 3.13. The van der Waals surface area contributed by atoms with Crippen molar-refractivity contribution in [1.82, 2.24) is 9.78 Å². The number of carboxylic acid groups (broad SMARTS) is 1. The SMILES string of the molecule is Cc1nn(C)c(NC(=O)C(C)N)c1C(=O)O. The Kier molecular flexibility index (Phi) is 3.28. The van der Waals surface area contributed by atoms with Crippen molar-refractivity contribution in [3.8, 4) is 0 Å². The highest BCUT2D eigenvalue weighted by Gasteiger charge is 2.21. The summed E-state index contributed by atoms with van der Waals surface area (Å²) in [6, 6.07) is -0.711. The molecule has 0 aliphatic carbocycles. The van der Waals surface area contributed by atoms with E-state index in [2.05, 4.69) is 10.4 Å². The van der Waals surface area contributed by atoms with Gasteiger partial charge in [-0.1, -0.05) is 0 Å². The van der Waals surface area contributed by atoms with E-state index in [1.165, 1.54) is 11.6 Å². The molecule has 0 aliphatic rings. The van der Waals surface area contributed by atoms with Gasteiger partial charge in [0.15, 0.2) is 0 Å². The highest BCUT2D eigenvalue weighted by atomic mass is 16.4. The number of carboxylic acids is 1. The molecule has 16 heavy (non-hydrogen) atoms. The highest BCUT2D eigenvalue weighted by Crippen LogP contribution is 2.18. The summed E-state index contributed by atoms with van der Waals surface area (Å²) in [6.45, 7) is 3.07. The van der Waals surface area contributed by atoms with Gasteiger partial charge < -0.3 is 16.2 Å². The van der Waals surface area contributed by atoms with Crippen molar-refractivity contribution in [3.05, 3.63) is 11.3 Å². The molecule has 1 atom stereocenters. The van der Waals surface area contributed by atoms with Crippen LogP contribution in [0.3, 0.4) is 0 Å². The van der Waals surface area contributed by atoms with Crippen LogP contribution in [0.4, 0.5) is 5.82 Å². The number of hydrogen-bond acceptors (Lipinski definition) is 4. The average Bonchev–Trinajstić information content (AvgIpc) is 2.41. The fraction of sp³-hybridized carbons (Fsp3) is 0.444. The number of nitrogens with zero attached hydrogens (tertiary/aromatic N) is 2. The zero-order chi connectivity index (χ0) is 12.5. The van der Waals surface area contributed by atoms with Crippen molar-refractivity contribution in [2.45, 2.75) is 19.9 Å². The van der Waals surface area contributed by atoms with E-state index < -0.39 is 17.9 Å². The van der Waals surface area contributed by atoms with Crippen LogP contribution in [-0.4, -0.2) is 32.8 Å². The Bertz CT molecular complexity index is 436. The average molecular weight is 226 g/mol. The number of amides is 1. The smallest absolute Gasteiger partial charge is 0.341 e. The normalized spacial score (nSPS) is 12.2. The predicted octanol–water partition coefficient (Wildman–Crippen LogP) is -0.288. The fourth-order valence-electron chi connectivity index (χ4n) is 1.29. The van der Waals surface area contributed by atoms with Crippen LogP contribution < -0.4 is 11.1 Å². The molecule has 0 saturated carbocycles. The van der Waals surface area contributed by atoms with Crippen molar-refractivity contribution in [2.75, 3.05) is 5.32 Å². The van der Waals surface area contributed by atoms with Crippen molar-refractivity contribution in [1.29, 1.82) is 0 Å². The largest absolute Gasteiger partial charge is 0.477 e. The lowest BCUT2D eigenvalue weighted by Crippen LogP contribution is -2.33. The maximum atomic E-state index is 11.4. The third-order valence-corrected chi connectivity index (χ3v) is 2.09. The van der Waals surface area contributed by atoms with E-state index in [4.69, 9.17) is 10.8 Å². The van der Waals surface area contributed by atoms with E-state index in [-0.39, 0.29) is 11.4 Å². The van der Waals surface area contributed by atoms with Crippen LogP contribution in [0.5, 0.6) is 0 Å². The maximum Gasteiger partial charge on any atom is 0.341 e. The number of aromatic nitrogens is 2. The maximum absolute atomic E-state index is 11.4. The Hall–Kier alpha value is -1.89. The molecular formula is C9H14N4O3. The molecule has 4 N–H and O–H groups in total. The van der Waals surface area contributed by atoms with Crippen molar-refractivity contribution in [2.24, 2.45) is 12.8 Å². The lowest BCUT2D eigenvalue weighted by atomic mass is 10.2. The zero-order valence-corrected chi connectivity index (χ0v) is 9.31. The molecule has 0 radical (unpaired) electrons. The van der Waals surface area contributed by atoms with Gasteiger partial charge in [-0.15, -0.1) is 0 Å². The topological polar surface area (TPSA) is 110 Å². The molecule has 1 heterocycles. The van der Waals surface area contributed by atoms with Gasteiger partial charge in [0.1, 0.15) is 11.4 Å². The second-order valence-corrected chi connectivity index (χ2v) is 3.52. The lowest BCUT2D eigenvalue weighted by molar-refractivity contribution is -0.117. The second kappa shape index (κ2) is 4.31. The quantitative estimate of drug-likeness (QED) is 0.656. The zero-order valence-electron chi connectivity index (χ0n) is 9.31. The summed E-state index contributed by atoms with van der Waals surface area (Å²) in [4.78, 5) is 22.3. The van der Waals surface area contributed by atoms with Gasteiger partial charge in [-0.3, -0.25) is 9.48 Å². The van der Waals surface area contributed by atoms with Gasteiger partial charge in [0, 0.05) is 7.05 Å². The summed E-state index contributed by atoms with van der Waals surface area (Å²) >= 11 is 0. The summed E-state index contributed by atoms with van der Waals surface area (Å²) in [5.41, 5.74) is 5.70. The summed E-state index contributed by atoms with van der Waals surface area (Å²) in [5, 5.41) is 15.3. The van der Waals surface area contributed by atoms with Crippen molar-refractivity contribution < 1.29 is 14.7 Å². The Morgan fingerprint density at radius 2 is 2.12 bits per heavy atom. The van der Waals surface area contributed by atoms with Gasteiger partial charge in [0.25, 0.3) is 0 Å². The molecule has 0 fully saturated rings. The standard InChI is InChI=1S/C9H14N4O3/c1-4(10)8(14)11-7-6(9(15)16)5(2)12-13(7)3/h4H,10H2,1-3H3,(H,11,14)(H,15,16). The first-order valence-electron chi connectivity index (χ1n) is 4.68. The van der Waals surface area contributed by atoms with E-state index >= 15 is 0 Å². The van der Waals surface area contributed by atoms with Crippen LogP contribution in [0.25, 0.3) is 0 Å².